The highest BCUT2D eigenvalue weighted by Crippen LogP contribution is 1.70. The Morgan fingerprint density at radius 1 is 1.40 bits per heavy atom. The van der Waals surface area contributed by atoms with E-state index in [9.17, 15) is 0 Å². The van der Waals surface area contributed by atoms with E-state index in [0.29, 0.717) is 6.54 Å². The average molecular weight is 146 g/mol. The van der Waals surface area contributed by atoms with Crippen LogP contribution in [0.3, 0.4) is 0 Å². The van der Waals surface area contributed by atoms with Gasteiger partial charge in [0.25, 0.3) is 0 Å². The maximum Gasteiger partial charge on any atom is 0.0253 e. The highest BCUT2D eigenvalue weighted by molar-refractivity contribution is 4.47. The van der Waals surface area contributed by atoms with Crippen molar-refractivity contribution in [2.75, 3.05) is 40.3 Å². The molecule has 0 saturated carbocycles. The van der Waals surface area contributed by atoms with Crippen LogP contribution >= 0.6 is 0 Å². The van der Waals surface area contributed by atoms with Crippen LogP contribution in [0, 0.1) is 0 Å². The summed E-state index contributed by atoms with van der Waals surface area (Å²) in [5.41, 5.74) is 8.44. The fraction of sp³-hybridized carbons (Fsp3) is 1.00. The minimum absolute atomic E-state index is 0.684. The van der Waals surface area contributed by atoms with Crippen molar-refractivity contribution in [3.8, 4) is 0 Å². The molecular weight excluding hydrogens is 128 g/mol. The first-order chi connectivity index (χ1) is 4.81. The van der Waals surface area contributed by atoms with Crippen LogP contribution in [-0.4, -0.2) is 45.3 Å². The zero-order valence-electron chi connectivity index (χ0n) is 6.85. The van der Waals surface area contributed by atoms with Gasteiger partial charge in [0.1, 0.15) is 0 Å². The summed E-state index contributed by atoms with van der Waals surface area (Å²) < 4.78 is 0. The lowest BCUT2D eigenvalue weighted by atomic mass is 10.6. The van der Waals surface area contributed by atoms with Gasteiger partial charge >= 0.3 is 0 Å². The lowest BCUT2D eigenvalue weighted by molar-refractivity contribution is 0.241. The van der Waals surface area contributed by atoms with Gasteiger partial charge in [-0.25, -0.2) is 5.01 Å². The summed E-state index contributed by atoms with van der Waals surface area (Å²) in [5.74, 6) is 0. The third-order valence-corrected chi connectivity index (χ3v) is 1.22. The van der Waals surface area contributed by atoms with E-state index in [4.69, 9.17) is 5.73 Å². The van der Waals surface area contributed by atoms with Crippen LogP contribution < -0.4 is 16.5 Å². The van der Waals surface area contributed by atoms with Gasteiger partial charge in [-0.2, -0.15) is 0 Å². The van der Waals surface area contributed by atoms with Crippen molar-refractivity contribution in [1.29, 1.82) is 0 Å². The lowest BCUT2D eigenvalue weighted by Crippen LogP contribution is -2.40. The first-order valence-corrected chi connectivity index (χ1v) is 3.60. The molecule has 4 nitrogen and oxygen atoms in total. The standard InChI is InChI=1S/C6H18N4/c1-8-5-6-10(2)9-4-3-7/h8-9H,3-7H2,1-2H3. The van der Waals surface area contributed by atoms with Crippen molar-refractivity contribution < 1.29 is 0 Å². The minimum Gasteiger partial charge on any atom is -0.329 e. The number of rotatable bonds is 6. The van der Waals surface area contributed by atoms with Gasteiger partial charge < -0.3 is 11.1 Å². The van der Waals surface area contributed by atoms with E-state index in [0.717, 1.165) is 19.6 Å². The SMILES string of the molecule is CNCCN(C)NCCN. The summed E-state index contributed by atoms with van der Waals surface area (Å²) in [6, 6.07) is 0. The van der Waals surface area contributed by atoms with Crippen molar-refractivity contribution in [3.63, 3.8) is 0 Å². The van der Waals surface area contributed by atoms with E-state index in [1.54, 1.807) is 0 Å². The molecule has 62 valence electrons. The Labute approximate surface area is 62.7 Å². The summed E-state index contributed by atoms with van der Waals surface area (Å²) in [7, 11) is 3.95. The molecule has 0 saturated heterocycles. The first kappa shape index (κ1) is 9.84. The largest absolute Gasteiger partial charge is 0.329 e. The molecule has 0 aromatic carbocycles. The fourth-order valence-electron chi connectivity index (χ4n) is 0.614. The molecule has 10 heavy (non-hydrogen) atoms. The molecule has 0 rings (SSSR count). The molecule has 0 spiro atoms. The van der Waals surface area contributed by atoms with Crippen molar-refractivity contribution in [1.82, 2.24) is 15.8 Å². The first-order valence-electron chi connectivity index (χ1n) is 3.60. The minimum atomic E-state index is 0.684. The molecule has 0 atom stereocenters. The van der Waals surface area contributed by atoms with Crippen LogP contribution in [0.1, 0.15) is 0 Å². The number of nitrogens with one attached hydrogen (secondary N) is 2. The van der Waals surface area contributed by atoms with Gasteiger partial charge in [-0.3, -0.25) is 5.43 Å². The Morgan fingerprint density at radius 3 is 2.60 bits per heavy atom. The van der Waals surface area contributed by atoms with Crippen LogP contribution in [-0.2, 0) is 0 Å². The van der Waals surface area contributed by atoms with Crippen LogP contribution in [0.15, 0.2) is 0 Å². The fourth-order valence-corrected chi connectivity index (χ4v) is 0.614. The molecular formula is C6H18N4. The summed E-state index contributed by atoms with van der Waals surface area (Å²) in [6.45, 7) is 3.52. The monoisotopic (exact) mass is 146 g/mol. The van der Waals surface area contributed by atoms with E-state index in [-0.39, 0.29) is 0 Å². The average Bonchev–Trinajstić information content (AvgIpc) is 1.97. The zero-order chi connectivity index (χ0) is 7.82. The van der Waals surface area contributed by atoms with Crippen molar-refractivity contribution in [2.45, 2.75) is 0 Å². The molecule has 0 aromatic heterocycles. The summed E-state index contributed by atoms with van der Waals surface area (Å²) >= 11 is 0. The van der Waals surface area contributed by atoms with Crippen molar-refractivity contribution in [2.24, 2.45) is 5.73 Å². The predicted octanol–water partition coefficient (Wildman–Crippen LogP) is -1.40. The number of hydrogen-bond acceptors (Lipinski definition) is 4. The van der Waals surface area contributed by atoms with Gasteiger partial charge in [-0.05, 0) is 7.05 Å². The Kier molecular flexibility index (Phi) is 6.84. The maximum absolute atomic E-state index is 5.30. The normalized spacial score (nSPS) is 10.8. The maximum atomic E-state index is 5.30. The van der Waals surface area contributed by atoms with E-state index in [1.165, 1.54) is 0 Å². The van der Waals surface area contributed by atoms with Gasteiger partial charge in [-0.1, -0.05) is 0 Å². The summed E-state index contributed by atoms with van der Waals surface area (Å²) in [4.78, 5) is 0. The van der Waals surface area contributed by atoms with Crippen molar-refractivity contribution in [3.05, 3.63) is 0 Å². The molecule has 0 aliphatic carbocycles. The summed E-state index contributed by atoms with van der Waals surface area (Å²) in [6.07, 6.45) is 0. The second-order valence-corrected chi connectivity index (χ2v) is 2.22. The number of nitrogens with two attached hydrogens (primary N) is 1. The van der Waals surface area contributed by atoms with Crippen LogP contribution in [0.2, 0.25) is 0 Å². The smallest absolute Gasteiger partial charge is 0.0253 e. The van der Waals surface area contributed by atoms with E-state index in [2.05, 4.69) is 10.7 Å². The Balaban J connectivity index is 3.00. The molecule has 4 heteroatoms. The van der Waals surface area contributed by atoms with Gasteiger partial charge in [0.05, 0.1) is 0 Å². The third kappa shape index (κ3) is 5.97. The molecule has 0 aromatic rings. The lowest BCUT2D eigenvalue weighted by Gasteiger charge is -2.16. The Hall–Kier alpha value is -0.160. The molecule has 0 radical (unpaired) electrons. The number of hydrogen-bond donors (Lipinski definition) is 3. The highest BCUT2D eigenvalue weighted by Gasteiger charge is 1.92. The van der Waals surface area contributed by atoms with Gasteiger partial charge in [0, 0.05) is 33.2 Å². The van der Waals surface area contributed by atoms with Crippen molar-refractivity contribution >= 4 is 0 Å². The summed E-state index contributed by atoms with van der Waals surface area (Å²) in [5, 5.41) is 5.09. The quantitative estimate of drug-likeness (QED) is 0.403. The topological polar surface area (TPSA) is 53.3 Å². The molecule has 0 bridgehead atoms. The molecule has 0 aliphatic heterocycles. The highest BCUT2D eigenvalue weighted by atomic mass is 15.5. The predicted molar refractivity (Wildman–Crippen MR) is 43.6 cm³/mol. The van der Waals surface area contributed by atoms with Gasteiger partial charge in [0.2, 0.25) is 0 Å². The Bertz CT molecular complexity index is 58.8. The van der Waals surface area contributed by atoms with Crippen LogP contribution in [0.4, 0.5) is 0 Å². The van der Waals surface area contributed by atoms with Gasteiger partial charge in [-0.15, -0.1) is 0 Å². The second-order valence-electron chi connectivity index (χ2n) is 2.22. The third-order valence-electron chi connectivity index (χ3n) is 1.22. The molecule has 0 fully saturated rings. The molecule has 0 unspecified atom stereocenters. The second kappa shape index (κ2) is 6.95. The molecule has 0 amide bonds. The van der Waals surface area contributed by atoms with E-state index >= 15 is 0 Å². The van der Waals surface area contributed by atoms with Gasteiger partial charge in [0.15, 0.2) is 0 Å². The molecule has 0 aliphatic rings. The van der Waals surface area contributed by atoms with Crippen LogP contribution in [0.5, 0.6) is 0 Å². The van der Waals surface area contributed by atoms with Crippen LogP contribution in [0.25, 0.3) is 0 Å². The molecule has 4 N–H and O–H groups in total. The zero-order valence-corrected chi connectivity index (χ0v) is 6.85. The molecule has 0 heterocycles. The van der Waals surface area contributed by atoms with E-state index < -0.39 is 0 Å². The number of likely N-dealkylation sites (N-methyl/N-ethyl adjacent to an activating group) is 2. The number of hydrazine groups is 1. The number of nitrogens with zero attached hydrogens (tertiary/aromatic N) is 1. The van der Waals surface area contributed by atoms with E-state index in [1.807, 2.05) is 19.1 Å². The Morgan fingerprint density at radius 2 is 2.10 bits per heavy atom.